The molecule has 0 unspecified atom stereocenters. The smallest absolute Gasteiger partial charge is 0.409 e. The number of anilines is 2. The van der Waals surface area contributed by atoms with Crippen LogP contribution in [0.25, 0.3) is 0 Å². The Morgan fingerprint density at radius 2 is 1.66 bits per heavy atom. The van der Waals surface area contributed by atoms with Gasteiger partial charge in [-0.1, -0.05) is 80.5 Å². The number of urea groups is 1. The van der Waals surface area contributed by atoms with E-state index in [4.69, 9.17) is 58.0 Å². The van der Waals surface area contributed by atoms with Crippen LogP contribution < -0.4 is 42.0 Å². The zero-order valence-corrected chi connectivity index (χ0v) is 55.2. The van der Waals surface area contributed by atoms with Crippen LogP contribution in [0.15, 0.2) is 72.4 Å². The normalized spacial score (nSPS) is 24.1. The molecular formula is C63H85ClN10O17S. The number of primary amides is 1. The van der Waals surface area contributed by atoms with E-state index in [1.165, 1.54) is 64.2 Å². The minimum Gasteiger partial charge on any atom is -0.495 e. The highest BCUT2D eigenvalue weighted by Gasteiger charge is 2.64. The summed E-state index contributed by atoms with van der Waals surface area (Å²) in [6.07, 6.45) is 2.49. The maximum atomic E-state index is 14.4. The lowest BCUT2D eigenvalue weighted by Crippen LogP contribution is -2.63. The Morgan fingerprint density at radius 1 is 0.978 bits per heavy atom. The van der Waals surface area contributed by atoms with Crippen LogP contribution in [-0.4, -0.2) is 193 Å². The molecule has 0 aromatic heterocycles. The van der Waals surface area contributed by atoms with Gasteiger partial charge in [0.05, 0.1) is 30.3 Å². The number of carbonyl (C=O) groups is 10. The predicted octanol–water partition coefficient (Wildman–Crippen LogP) is 4.69. The summed E-state index contributed by atoms with van der Waals surface area (Å²) in [5.74, 6) is -4.45. The summed E-state index contributed by atoms with van der Waals surface area (Å²) in [5, 5.41) is 25.7. The molecule has 2 aromatic rings. The van der Waals surface area contributed by atoms with Crippen molar-refractivity contribution < 1.29 is 81.5 Å². The molecule has 502 valence electrons. The number of benzene rings is 2. The van der Waals surface area contributed by atoms with Gasteiger partial charge in [0.15, 0.2) is 5.72 Å². The molecule has 8 N–H and O–H groups in total. The number of likely N-dealkylation sites (N-methyl/N-ethyl adjacent to an activating group) is 1. The van der Waals surface area contributed by atoms with Gasteiger partial charge in [0.25, 0.3) is 11.8 Å². The van der Waals surface area contributed by atoms with Gasteiger partial charge in [-0.15, -0.1) is 0 Å². The Labute approximate surface area is 545 Å². The molecule has 0 aliphatic carbocycles. The summed E-state index contributed by atoms with van der Waals surface area (Å²) in [6.45, 7) is 10.3. The number of fused-ring (bicyclic) bond motifs is 5. The lowest BCUT2D eigenvalue weighted by atomic mass is 9.83. The Bertz CT molecular complexity index is 3180. The highest BCUT2D eigenvalue weighted by Crippen LogP contribution is 2.49. The number of epoxide rings is 1. The molecule has 92 heavy (non-hydrogen) atoms. The lowest BCUT2D eigenvalue weighted by Gasteiger charge is -2.42. The van der Waals surface area contributed by atoms with E-state index in [1.807, 2.05) is 13.0 Å². The zero-order valence-electron chi connectivity index (χ0n) is 53.7. The molecule has 4 heterocycles. The van der Waals surface area contributed by atoms with Gasteiger partial charge in [-0.25, -0.2) is 19.2 Å². The molecule has 4 aliphatic heterocycles. The van der Waals surface area contributed by atoms with Gasteiger partial charge in [0, 0.05) is 84.5 Å². The molecular weight excluding hydrogens is 1240 g/mol. The first-order valence-electron chi connectivity index (χ1n) is 30.2. The summed E-state index contributed by atoms with van der Waals surface area (Å²) in [4.78, 5) is 136. The van der Waals surface area contributed by atoms with Crippen LogP contribution in [0.1, 0.15) is 97.6 Å². The number of alkyl carbamates (subject to hydrolysis) is 1. The quantitative estimate of drug-likeness (QED) is 0.0187. The maximum Gasteiger partial charge on any atom is 0.409 e. The molecule has 2 fully saturated rings. The fraction of sp³-hybridized carbons (Fsp3) is 0.540. The SMILES string of the molecule is COc1cc2cc(c1Cl)N(C)C(=O)C[C@H](OC(=O)[C@H](C)N(C)C(=O)CCN(C)C(=O)OCc1ccc(NC(=O)[C@H](CCCNC(N)=O)NC(=O)[C@@H](NC(=S)CCCN3C(=O)C=CC3=O)C(C)C)cc1)[C@]1(C)O[C@H]1[C@H](C)[C@@H]1C[C@@](O)(NC(=O)O1)[C@H](OC)/C=C/C=C(\C)C2. The van der Waals surface area contributed by atoms with Crippen LogP contribution in [0, 0.1) is 11.8 Å². The van der Waals surface area contributed by atoms with Crippen LogP contribution in [-0.2, 0) is 70.3 Å². The van der Waals surface area contributed by atoms with E-state index in [9.17, 15) is 53.1 Å². The first-order chi connectivity index (χ1) is 43.4. The average molecular weight is 1320 g/mol. The van der Waals surface area contributed by atoms with Crippen molar-refractivity contribution in [2.45, 2.75) is 153 Å². The molecule has 27 nitrogen and oxygen atoms in total. The molecule has 29 heteroatoms. The van der Waals surface area contributed by atoms with E-state index < -0.39 is 126 Å². The zero-order chi connectivity index (χ0) is 67.9. The number of allylic oxidation sites excluding steroid dienone is 3. The fourth-order valence-corrected chi connectivity index (χ4v) is 11.4. The van der Waals surface area contributed by atoms with Crippen molar-refractivity contribution in [1.29, 1.82) is 0 Å². The van der Waals surface area contributed by atoms with Crippen LogP contribution in [0.3, 0.4) is 0 Å². The van der Waals surface area contributed by atoms with Crippen molar-refractivity contribution in [1.82, 2.24) is 36.0 Å². The van der Waals surface area contributed by atoms with E-state index in [0.717, 1.165) is 20.9 Å². The second kappa shape index (κ2) is 32.4. The molecule has 4 bridgehead atoms. The average Bonchev–Trinajstić information content (AvgIpc) is 1.59. The number of nitrogens with two attached hydrogens (primary N) is 1. The first kappa shape index (κ1) is 72.9. The van der Waals surface area contributed by atoms with E-state index >= 15 is 0 Å². The summed E-state index contributed by atoms with van der Waals surface area (Å²) < 4.78 is 35.0. The van der Waals surface area contributed by atoms with Gasteiger partial charge in [-0.2, -0.15) is 0 Å². The molecule has 0 saturated carbocycles. The summed E-state index contributed by atoms with van der Waals surface area (Å²) in [6, 6.07) is 5.98. The number of thiocarbonyl (C=S) groups is 1. The van der Waals surface area contributed by atoms with Gasteiger partial charge >= 0.3 is 24.2 Å². The number of esters is 1. The Balaban J connectivity index is 1.05. The summed E-state index contributed by atoms with van der Waals surface area (Å²) in [5.41, 5.74) is 4.79. The number of aliphatic hydroxyl groups is 1. The van der Waals surface area contributed by atoms with Gasteiger partial charge in [0.1, 0.15) is 59.4 Å². The number of amides is 10. The van der Waals surface area contributed by atoms with Crippen molar-refractivity contribution in [3.63, 3.8) is 0 Å². The molecule has 6 rings (SSSR count). The predicted molar refractivity (Wildman–Crippen MR) is 342 cm³/mol. The third kappa shape index (κ3) is 19.2. The minimum absolute atomic E-state index is 0.111. The molecule has 4 aliphatic rings. The van der Waals surface area contributed by atoms with Crippen molar-refractivity contribution in [3.8, 4) is 5.75 Å². The first-order valence-corrected chi connectivity index (χ1v) is 31.0. The topological polar surface area (TPSA) is 349 Å². The highest BCUT2D eigenvalue weighted by molar-refractivity contribution is 7.80. The lowest BCUT2D eigenvalue weighted by molar-refractivity contribution is -0.162. The van der Waals surface area contributed by atoms with E-state index in [0.29, 0.717) is 40.5 Å². The molecule has 0 radical (unpaired) electrons. The number of carbonyl (C=O) groups excluding carboxylic acids is 10. The third-order valence-corrected chi connectivity index (χ3v) is 17.3. The minimum atomic E-state index is -1.91. The standard InChI is InChI=1S/C63H85ClN10O17S/c1-35(2)54(69-48(92)18-14-27-74-50(76)23-24-51(74)77)57(80)68-42(16-13-26-66-59(65)82)56(79)67-41-21-19-39(20-22-41)34-88-61(84)71(7)28-25-49(75)72(8)38(5)58(81)90-47-32-52(78)73(9)43-30-40(31-44(86-10)53(43)64)29-36(3)15-12-17-46(87-11)63(85)33-45(89-60(83)70-63)37(4)55-62(47,6)91-55/h12,15,17,19-24,30-31,35,37-38,42,45-47,54-55,85H,13-14,16,18,25-29,32-34H2,1-11H3,(H,67,79)(H,68,80)(H,69,92)(H,70,83)(H3,65,66,82)/b17-12+,36-15+/t37-,38+,42+,45+,46-,47+,54+,55+,62+,63+/m1/s1. The van der Waals surface area contributed by atoms with Crippen LogP contribution >= 0.6 is 23.8 Å². The number of nitrogens with one attached hydrogen (secondary N) is 5. The third-order valence-electron chi connectivity index (χ3n) is 16.6. The van der Waals surface area contributed by atoms with Crippen molar-refractivity contribution in [2.24, 2.45) is 17.6 Å². The van der Waals surface area contributed by atoms with Crippen molar-refractivity contribution in [3.05, 3.63) is 88.5 Å². The highest BCUT2D eigenvalue weighted by atomic mass is 35.5. The summed E-state index contributed by atoms with van der Waals surface area (Å²) >= 11 is 12.3. The molecule has 2 saturated heterocycles. The van der Waals surface area contributed by atoms with Gasteiger partial charge in [-0.05, 0) is 94.2 Å². The van der Waals surface area contributed by atoms with Gasteiger partial charge in [-0.3, -0.25) is 39.0 Å². The Kier molecular flexibility index (Phi) is 25.7. The summed E-state index contributed by atoms with van der Waals surface area (Å²) in [7, 11) is 7.20. The number of hydrogen-bond acceptors (Lipinski definition) is 18. The Hall–Kier alpha value is -8.18. The number of rotatable bonds is 24. The number of nitrogens with zero attached hydrogens (tertiary/aromatic N) is 4. The van der Waals surface area contributed by atoms with Gasteiger partial charge < -0.3 is 75.2 Å². The Morgan fingerprint density at radius 3 is 2.30 bits per heavy atom. The number of imide groups is 1. The molecule has 10 amide bonds. The second-order valence-electron chi connectivity index (χ2n) is 23.9. The largest absolute Gasteiger partial charge is 0.495 e. The van der Waals surface area contributed by atoms with Crippen molar-refractivity contribution >= 4 is 99.8 Å². The van der Waals surface area contributed by atoms with E-state index in [-0.39, 0.29) is 69.3 Å². The number of ether oxygens (including phenoxy) is 6. The number of halogens is 1. The molecule has 2 aromatic carbocycles. The van der Waals surface area contributed by atoms with Crippen LogP contribution in [0.2, 0.25) is 5.02 Å². The second-order valence-corrected chi connectivity index (χ2v) is 24.7. The van der Waals surface area contributed by atoms with E-state index in [2.05, 4.69) is 26.6 Å². The van der Waals surface area contributed by atoms with E-state index in [1.54, 1.807) is 76.2 Å². The maximum absolute atomic E-state index is 14.4. The molecule has 0 spiro atoms. The van der Waals surface area contributed by atoms with Crippen LogP contribution in [0.5, 0.6) is 5.75 Å². The van der Waals surface area contributed by atoms with Crippen molar-refractivity contribution in [2.75, 3.05) is 65.2 Å². The number of hydrogen-bond donors (Lipinski definition) is 7. The monoisotopic (exact) mass is 1320 g/mol. The fourth-order valence-electron chi connectivity index (χ4n) is 10.8. The number of methoxy groups -OCH3 is 2. The van der Waals surface area contributed by atoms with Crippen LogP contribution in [0.4, 0.5) is 25.8 Å². The van der Waals surface area contributed by atoms with Gasteiger partial charge in [0.2, 0.25) is 23.6 Å². The molecule has 10 atom stereocenters.